The topological polar surface area (TPSA) is 44.8 Å². The Hall–Kier alpha value is -1.07. The van der Waals surface area contributed by atoms with Gasteiger partial charge in [0.2, 0.25) is 0 Å². The molecule has 8 atom stereocenters. The Morgan fingerprint density at radius 1 is 1.03 bits per heavy atom. The third-order valence-corrected chi connectivity index (χ3v) is 12.3. The number of hydrogen-bond acceptors (Lipinski definition) is 4. The van der Waals surface area contributed by atoms with Crippen LogP contribution in [0.1, 0.15) is 105 Å². The lowest BCUT2D eigenvalue weighted by atomic mass is 9.47. The summed E-state index contributed by atoms with van der Waals surface area (Å²) < 4.78 is 5.98. The summed E-state index contributed by atoms with van der Waals surface area (Å²) in [6.07, 6.45) is 16.7. The van der Waals surface area contributed by atoms with Gasteiger partial charge in [0.25, 0.3) is 0 Å². The van der Waals surface area contributed by atoms with Crippen LogP contribution in [-0.4, -0.2) is 55.3 Å². The third-order valence-electron chi connectivity index (χ3n) is 12.3. The Morgan fingerprint density at radius 2 is 1.79 bits per heavy atom. The van der Waals surface area contributed by atoms with Gasteiger partial charge in [0.05, 0.1) is 0 Å². The number of carbonyl (C=O) groups is 1. The molecular weight excluding hydrogens is 470 g/mol. The zero-order valence-corrected chi connectivity index (χ0v) is 25.4. The summed E-state index contributed by atoms with van der Waals surface area (Å²) in [5.74, 6) is 5.19. The molecule has 4 fully saturated rings. The minimum Gasteiger partial charge on any atom is -0.445 e. The molecule has 5 heteroatoms. The van der Waals surface area contributed by atoms with Crippen molar-refractivity contribution in [3.8, 4) is 0 Å². The molecule has 38 heavy (non-hydrogen) atoms. The van der Waals surface area contributed by atoms with Crippen LogP contribution in [-0.2, 0) is 4.74 Å². The van der Waals surface area contributed by atoms with E-state index >= 15 is 0 Å². The van der Waals surface area contributed by atoms with E-state index in [1.165, 1.54) is 57.8 Å². The van der Waals surface area contributed by atoms with E-state index in [4.69, 9.17) is 4.74 Å². The summed E-state index contributed by atoms with van der Waals surface area (Å²) in [5.41, 5.74) is 5.45. The fourth-order valence-electron chi connectivity index (χ4n) is 9.98. The molecule has 1 heterocycles. The minimum atomic E-state index is -0.259. The van der Waals surface area contributed by atoms with Gasteiger partial charge in [-0.3, -0.25) is 5.43 Å². The van der Waals surface area contributed by atoms with Gasteiger partial charge in [0.15, 0.2) is 0 Å². The van der Waals surface area contributed by atoms with Crippen LogP contribution in [0.25, 0.3) is 0 Å². The predicted molar refractivity (Wildman–Crippen MR) is 156 cm³/mol. The van der Waals surface area contributed by atoms with Gasteiger partial charge in [-0.2, -0.15) is 0 Å². The van der Waals surface area contributed by atoms with Crippen molar-refractivity contribution < 1.29 is 9.53 Å². The normalized spacial score (nSPS) is 40.6. The van der Waals surface area contributed by atoms with Crippen LogP contribution in [0, 0.1) is 46.3 Å². The van der Waals surface area contributed by atoms with Crippen molar-refractivity contribution in [2.75, 3.05) is 33.2 Å². The molecule has 5 rings (SSSR count). The zero-order valence-electron chi connectivity index (χ0n) is 25.4. The van der Waals surface area contributed by atoms with Crippen LogP contribution in [0.5, 0.6) is 0 Å². The summed E-state index contributed by atoms with van der Waals surface area (Å²) in [7, 11) is 2.13. The van der Waals surface area contributed by atoms with Gasteiger partial charge in [-0.1, -0.05) is 65.5 Å². The van der Waals surface area contributed by atoms with Gasteiger partial charge in [0, 0.05) is 32.6 Å². The van der Waals surface area contributed by atoms with Crippen molar-refractivity contribution in [3.63, 3.8) is 0 Å². The molecule has 216 valence electrons. The predicted octanol–water partition coefficient (Wildman–Crippen LogP) is 7.29. The lowest BCUT2D eigenvalue weighted by Crippen LogP contribution is -2.53. The first-order valence-corrected chi connectivity index (χ1v) is 16.2. The summed E-state index contributed by atoms with van der Waals surface area (Å²) in [6.45, 7) is 16.3. The highest BCUT2D eigenvalue weighted by Gasteiger charge is 2.59. The lowest BCUT2D eigenvalue weighted by molar-refractivity contribution is -0.0589. The van der Waals surface area contributed by atoms with Gasteiger partial charge in [-0.25, -0.2) is 9.80 Å². The lowest BCUT2D eigenvalue weighted by Gasteiger charge is -2.58. The maximum absolute atomic E-state index is 12.7. The number of ether oxygens (including phenoxy) is 1. The summed E-state index contributed by atoms with van der Waals surface area (Å²) >= 11 is 0. The van der Waals surface area contributed by atoms with Gasteiger partial charge in [-0.15, -0.1) is 0 Å². The third kappa shape index (κ3) is 5.57. The number of likely N-dealkylation sites (N-methyl/N-ethyl adjacent to an activating group) is 1. The van der Waals surface area contributed by atoms with E-state index in [0.29, 0.717) is 10.8 Å². The number of carbonyl (C=O) groups excluding carboxylic acids is 1. The van der Waals surface area contributed by atoms with Gasteiger partial charge in [0.1, 0.15) is 6.10 Å². The molecule has 5 nitrogen and oxygen atoms in total. The second kappa shape index (κ2) is 11.4. The molecule has 4 aliphatic carbocycles. The number of allylic oxidation sites excluding steroid dienone is 1. The molecule has 0 aromatic carbocycles. The van der Waals surface area contributed by atoms with E-state index in [0.717, 1.165) is 74.5 Å². The summed E-state index contributed by atoms with van der Waals surface area (Å²) in [5, 5.41) is 2.01. The highest BCUT2D eigenvalue weighted by atomic mass is 16.6. The molecule has 0 radical (unpaired) electrons. The number of fused-ring (bicyclic) bond motifs is 5. The Bertz CT molecular complexity index is 864. The largest absolute Gasteiger partial charge is 0.445 e. The fraction of sp³-hybridized carbons (Fsp3) is 0.909. The number of rotatable bonds is 7. The van der Waals surface area contributed by atoms with Crippen molar-refractivity contribution in [2.24, 2.45) is 46.3 Å². The molecule has 5 aliphatic rings. The van der Waals surface area contributed by atoms with Gasteiger partial charge >= 0.3 is 6.09 Å². The Kier molecular flexibility index (Phi) is 8.56. The van der Waals surface area contributed by atoms with Crippen LogP contribution in [0.2, 0.25) is 0 Å². The standard InChI is InChI=1S/C33H57N3O2/c1-23(2)8-7-9-24(3)28-12-13-29-27-11-10-25-22-26(38-31(37)34-36-20-18-35(6)19-21-36)14-16-32(25,4)30(27)15-17-33(28,29)5/h10,23-24,26-30H,7-9,11-22H2,1-6H3,(H,34,37). The second-order valence-corrected chi connectivity index (χ2v) is 15.0. The Labute approximate surface area is 233 Å². The smallest absolute Gasteiger partial charge is 0.422 e. The van der Waals surface area contributed by atoms with Gasteiger partial charge in [-0.05, 0) is 98.3 Å². The van der Waals surface area contributed by atoms with Gasteiger partial charge < -0.3 is 9.64 Å². The van der Waals surface area contributed by atoms with E-state index in [-0.39, 0.29) is 12.2 Å². The van der Waals surface area contributed by atoms with E-state index in [1.807, 2.05) is 5.01 Å². The maximum atomic E-state index is 12.7. The van der Waals surface area contributed by atoms with E-state index in [9.17, 15) is 4.79 Å². The number of hydrazine groups is 1. The summed E-state index contributed by atoms with van der Waals surface area (Å²) in [6, 6.07) is 0. The average Bonchev–Trinajstić information content (AvgIpc) is 3.23. The molecule has 1 aliphatic heterocycles. The number of amides is 1. The molecule has 1 saturated heterocycles. The van der Waals surface area contributed by atoms with E-state index in [2.05, 4.69) is 58.1 Å². The van der Waals surface area contributed by atoms with Crippen LogP contribution in [0.3, 0.4) is 0 Å². The van der Waals surface area contributed by atoms with Crippen LogP contribution in [0.4, 0.5) is 4.79 Å². The second-order valence-electron chi connectivity index (χ2n) is 15.0. The van der Waals surface area contributed by atoms with E-state index < -0.39 is 0 Å². The van der Waals surface area contributed by atoms with Crippen molar-refractivity contribution in [1.29, 1.82) is 0 Å². The van der Waals surface area contributed by atoms with Crippen molar-refractivity contribution >= 4 is 6.09 Å². The number of nitrogens with zero attached hydrogens (tertiary/aromatic N) is 2. The number of piperazine rings is 1. The Morgan fingerprint density at radius 3 is 2.53 bits per heavy atom. The fourth-order valence-corrected chi connectivity index (χ4v) is 9.98. The molecule has 0 aromatic heterocycles. The first kappa shape index (κ1) is 28.5. The van der Waals surface area contributed by atoms with E-state index in [1.54, 1.807) is 5.57 Å². The molecule has 8 unspecified atom stereocenters. The minimum absolute atomic E-state index is 0.0229. The number of hydrogen-bond donors (Lipinski definition) is 1. The molecule has 0 aromatic rings. The van der Waals surface area contributed by atoms with Crippen molar-refractivity contribution in [1.82, 2.24) is 15.3 Å². The van der Waals surface area contributed by atoms with Crippen LogP contribution >= 0.6 is 0 Å². The van der Waals surface area contributed by atoms with Crippen LogP contribution < -0.4 is 5.43 Å². The van der Waals surface area contributed by atoms with Crippen molar-refractivity contribution in [2.45, 2.75) is 111 Å². The first-order chi connectivity index (χ1) is 18.1. The monoisotopic (exact) mass is 527 g/mol. The molecule has 1 N–H and O–H groups in total. The zero-order chi connectivity index (χ0) is 27.1. The summed E-state index contributed by atoms with van der Waals surface area (Å²) in [4.78, 5) is 15.0. The molecular formula is C33H57N3O2. The molecule has 0 spiro atoms. The maximum Gasteiger partial charge on any atom is 0.422 e. The Balaban J connectivity index is 1.19. The number of nitrogens with one attached hydrogen (secondary N) is 1. The average molecular weight is 528 g/mol. The highest BCUT2D eigenvalue weighted by molar-refractivity contribution is 5.66. The highest BCUT2D eigenvalue weighted by Crippen LogP contribution is 2.67. The first-order valence-electron chi connectivity index (χ1n) is 16.2. The quantitative estimate of drug-likeness (QED) is 0.353. The molecule has 1 amide bonds. The molecule has 3 saturated carbocycles. The van der Waals surface area contributed by atoms with Crippen LogP contribution in [0.15, 0.2) is 11.6 Å². The molecule has 0 bridgehead atoms. The van der Waals surface area contributed by atoms with Crippen molar-refractivity contribution in [3.05, 3.63) is 11.6 Å². The SMILES string of the molecule is CC(C)CCCC(C)C1CCC2C3CC=C4CC(OC(=O)NN5CCN(C)CC5)CCC4(C)C3CCC12C.